The zero-order chi connectivity index (χ0) is 11.7. The van der Waals surface area contributed by atoms with Crippen molar-refractivity contribution in [3.63, 3.8) is 0 Å². The van der Waals surface area contributed by atoms with E-state index in [1.54, 1.807) is 17.4 Å². The zero-order valence-corrected chi connectivity index (χ0v) is 10.4. The number of hydrogen-bond donors (Lipinski definition) is 0. The SMILES string of the molecule is Cc1nc(-c2ccc(F)cc2C(C)C)cs1. The van der Waals surface area contributed by atoms with Crippen LogP contribution in [0.4, 0.5) is 4.39 Å². The largest absolute Gasteiger partial charge is 0.242 e. The van der Waals surface area contributed by atoms with E-state index in [9.17, 15) is 4.39 Å². The molecule has 3 heteroatoms. The molecule has 0 fully saturated rings. The lowest BCUT2D eigenvalue weighted by Crippen LogP contribution is -1.94. The summed E-state index contributed by atoms with van der Waals surface area (Å²) in [6.07, 6.45) is 0. The van der Waals surface area contributed by atoms with Gasteiger partial charge in [-0.1, -0.05) is 13.8 Å². The summed E-state index contributed by atoms with van der Waals surface area (Å²) >= 11 is 1.62. The molecule has 0 atom stereocenters. The van der Waals surface area contributed by atoms with E-state index >= 15 is 0 Å². The van der Waals surface area contributed by atoms with E-state index in [0.29, 0.717) is 5.92 Å². The maximum absolute atomic E-state index is 13.2. The molecule has 0 unspecified atom stereocenters. The predicted molar refractivity (Wildman–Crippen MR) is 66.3 cm³/mol. The Morgan fingerprint density at radius 2 is 2.06 bits per heavy atom. The lowest BCUT2D eigenvalue weighted by atomic mass is 9.95. The van der Waals surface area contributed by atoms with Gasteiger partial charge in [0.15, 0.2) is 0 Å². The average molecular weight is 235 g/mol. The fourth-order valence-electron chi connectivity index (χ4n) is 1.73. The number of aryl methyl sites for hydroxylation is 1. The van der Waals surface area contributed by atoms with Crippen LogP contribution in [0, 0.1) is 12.7 Å². The van der Waals surface area contributed by atoms with Crippen molar-refractivity contribution in [1.82, 2.24) is 4.98 Å². The van der Waals surface area contributed by atoms with Crippen LogP contribution in [0.5, 0.6) is 0 Å². The highest BCUT2D eigenvalue weighted by Gasteiger charge is 2.11. The first-order chi connectivity index (χ1) is 7.58. The second-order valence-corrected chi connectivity index (χ2v) is 5.20. The van der Waals surface area contributed by atoms with Gasteiger partial charge in [-0.15, -0.1) is 11.3 Å². The second-order valence-electron chi connectivity index (χ2n) is 4.14. The van der Waals surface area contributed by atoms with Crippen LogP contribution in [0.25, 0.3) is 11.3 Å². The highest BCUT2D eigenvalue weighted by molar-refractivity contribution is 7.09. The van der Waals surface area contributed by atoms with Crippen LogP contribution in [0.15, 0.2) is 23.6 Å². The fourth-order valence-corrected chi connectivity index (χ4v) is 2.34. The van der Waals surface area contributed by atoms with Crippen molar-refractivity contribution in [2.24, 2.45) is 0 Å². The lowest BCUT2D eigenvalue weighted by molar-refractivity contribution is 0.623. The third-order valence-electron chi connectivity index (χ3n) is 2.53. The summed E-state index contributed by atoms with van der Waals surface area (Å²) in [5.74, 6) is 0.118. The summed E-state index contributed by atoms with van der Waals surface area (Å²) in [7, 11) is 0. The summed E-state index contributed by atoms with van der Waals surface area (Å²) < 4.78 is 13.2. The minimum Gasteiger partial charge on any atom is -0.242 e. The van der Waals surface area contributed by atoms with Crippen LogP contribution in [0.3, 0.4) is 0 Å². The molecule has 1 aromatic heterocycles. The van der Waals surface area contributed by atoms with Crippen molar-refractivity contribution in [2.75, 3.05) is 0 Å². The molecule has 0 radical (unpaired) electrons. The van der Waals surface area contributed by atoms with Gasteiger partial charge in [-0.3, -0.25) is 0 Å². The Labute approximate surface area is 99.0 Å². The Balaban J connectivity index is 2.56. The minimum atomic E-state index is -0.181. The normalized spacial score (nSPS) is 11.1. The van der Waals surface area contributed by atoms with E-state index in [0.717, 1.165) is 21.8 Å². The van der Waals surface area contributed by atoms with Crippen molar-refractivity contribution in [1.29, 1.82) is 0 Å². The standard InChI is InChI=1S/C13H14FNS/c1-8(2)12-6-10(14)4-5-11(12)13-7-16-9(3)15-13/h4-8H,1-3H3. The molecule has 1 aromatic carbocycles. The number of thiazole rings is 1. The number of hydrogen-bond acceptors (Lipinski definition) is 2. The summed E-state index contributed by atoms with van der Waals surface area (Å²) in [4.78, 5) is 4.45. The summed E-state index contributed by atoms with van der Waals surface area (Å²) in [5.41, 5.74) is 3.01. The van der Waals surface area contributed by atoms with Crippen molar-refractivity contribution in [2.45, 2.75) is 26.7 Å². The summed E-state index contributed by atoms with van der Waals surface area (Å²) in [6, 6.07) is 4.92. The van der Waals surface area contributed by atoms with Crippen LogP contribution in [-0.2, 0) is 0 Å². The molecule has 0 bridgehead atoms. The lowest BCUT2D eigenvalue weighted by Gasteiger charge is -2.11. The van der Waals surface area contributed by atoms with Gasteiger partial charge < -0.3 is 0 Å². The number of halogens is 1. The Hall–Kier alpha value is -1.22. The average Bonchev–Trinajstić information content (AvgIpc) is 2.64. The molecule has 1 nitrogen and oxygen atoms in total. The van der Waals surface area contributed by atoms with Crippen molar-refractivity contribution in [3.8, 4) is 11.3 Å². The molecule has 0 aliphatic rings. The molecule has 84 valence electrons. The maximum atomic E-state index is 13.2. The fraction of sp³-hybridized carbons (Fsp3) is 0.308. The van der Waals surface area contributed by atoms with Gasteiger partial charge >= 0.3 is 0 Å². The first-order valence-electron chi connectivity index (χ1n) is 5.30. The van der Waals surface area contributed by atoms with Gasteiger partial charge in [0.25, 0.3) is 0 Å². The van der Waals surface area contributed by atoms with Crippen LogP contribution in [0.2, 0.25) is 0 Å². The highest BCUT2D eigenvalue weighted by atomic mass is 32.1. The topological polar surface area (TPSA) is 12.9 Å². The second kappa shape index (κ2) is 4.34. The molecular formula is C13H14FNS. The van der Waals surface area contributed by atoms with Crippen LogP contribution in [0.1, 0.15) is 30.3 Å². The van der Waals surface area contributed by atoms with E-state index in [1.165, 1.54) is 6.07 Å². The van der Waals surface area contributed by atoms with Gasteiger partial charge in [-0.2, -0.15) is 0 Å². The molecule has 2 rings (SSSR count). The van der Waals surface area contributed by atoms with E-state index in [1.807, 2.05) is 18.4 Å². The van der Waals surface area contributed by atoms with Gasteiger partial charge in [0.05, 0.1) is 10.7 Å². The van der Waals surface area contributed by atoms with Crippen LogP contribution < -0.4 is 0 Å². The first kappa shape index (κ1) is 11.3. The van der Waals surface area contributed by atoms with Gasteiger partial charge in [0.1, 0.15) is 5.82 Å². The monoisotopic (exact) mass is 235 g/mol. The molecule has 0 saturated carbocycles. The van der Waals surface area contributed by atoms with E-state index in [4.69, 9.17) is 0 Å². The van der Waals surface area contributed by atoms with E-state index < -0.39 is 0 Å². The summed E-state index contributed by atoms with van der Waals surface area (Å²) in [5, 5.41) is 3.06. The smallest absolute Gasteiger partial charge is 0.123 e. The van der Waals surface area contributed by atoms with Gasteiger partial charge in [-0.05, 0) is 36.6 Å². The van der Waals surface area contributed by atoms with Crippen molar-refractivity contribution in [3.05, 3.63) is 40.0 Å². The molecule has 0 N–H and O–H groups in total. The van der Waals surface area contributed by atoms with Crippen LogP contribution >= 0.6 is 11.3 Å². The van der Waals surface area contributed by atoms with Gasteiger partial charge in [-0.25, -0.2) is 9.37 Å². The summed E-state index contributed by atoms with van der Waals surface area (Å²) in [6.45, 7) is 6.11. The first-order valence-corrected chi connectivity index (χ1v) is 6.18. The number of rotatable bonds is 2. The van der Waals surface area contributed by atoms with Gasteiger partial charge in [0.2, 0.25) is 0 Å². The highest BCUT2D eigenvalue weighted by Crippen LogP contribution is 2.30. The molecule has 0 amide bonds. The molecule has 2 aromatic rings. The Morgan fingerprint density at radius 1 is 1.31 bits per heavy atom. The zero-order valence-electron chi connectivity index (χ0n) is 9.62. The number of benzene rings is 1. The molecule has 0 spiro atoms. The van der Waals surface area contributed by atoms with E-state index in [2.05, 4.69) is 18.8 Å². The Morgan fingerprint density at radius 3 is 2.62 bits per heavy atom. The van der Waals surface area contributed by atoms with Crippen LogP contribution in [-0.4, -0.2) is 4.98 Å². The third kappa shape index (κ3) is 2.14. The van der Waals surface area contributed by atoms with E-state index in [-0.39, 0.29) is 5.82 Å². The molecule has 16 heavy (non-hydrogen) atoms. The number of aromatic nitrogens is 1. The predicted octanol–water partition coefficient (Wildman–Crippen LogP) is 4.38. The Bertz CT molecular complexity index is 502. The molecule has 0 aliphatic heterocycles. The Kier molecular flexibility index (Phi) is 3.06. The molecule has 1 heterocycles. The number of nitrogens with zero attached hydrogens (tertiary/aromatic N) is 1. The third-order valence-corrected chi connectivity index (χ3v) is 3.30. The molecule has 0 aliphatic carbocycles. The van der Waals surface area contributed by atoms with Gasteiger partial charge in [0, 0.05) is 10.9 Å². The molecular weight excluding hydrogens is 221 g/mol. The molecule has 0 saturated heterocycles. The van der Waals surface area contributed by atoms with Crippen molar-refractivity contribution < 1.29 is 4.39 Å². The quantitative estimate of drug-likeness (QED) is 0.752. The van der Waals surface area contributed by atoms with Crippen molar-refractivity contribution >= 4 is 11.3 Å². The minimum absolute atomic E-state index is 0.181. The maximum Gasteiger partial charge on any atom is 0.123 e.